The first-order chi connectivity index (χ1) is 4.34. The highest BCUT2D eigenvalue weighted by Gasteiger charge is 2.17. The Hall–Kier alpha value is -0.0800. The van der Waals surface area contributed by atoms with Gasteiger partial charge in [0.15, 0.2) is 0 Å². The van der Waals surface area contributed by atoms with Gasteiger partial charge in [0.25, 0.3) is 0 Å². The summed E-state index contributed by atoms with van der Waals surface area (Å²) in [6.07, 6.45) is 1.83. The Labute approximate surface area is 57.0 Å². The van der Waals surface area contributed by atoms with Gasteiger partial charge in [-0.05, 0) is 5.92 Å². The van der Waals surface area contributed by atoms with Crippen LogP contribution in [0.25, 0.3) is 0 Å². The molecule has 1 atom stereocenters. The number of hydrogen-bond donors (Lipinski definition) is 2. The second-order valence-corrected chi connectivity index (χ2v) is 2.77. The molecule has 2 heteroatoms. The third-order valence-electron chi connectivity index (χ3n) is 2.07. The molecule has 0 radical (unpaired) electrons. The lowest BCUT2D eigenvalue weighted by Crippen LogP contribution is -2.37. The van der Waals surface area contributed by atoms with E-state index in [0.717, 1.165) is 19.0 Å². The van der Waals surface area contributed by atoms with E-state index in [1.54, 1.807) is 0 Å². The third kappa shape index (κ3) is 1.66. The van der Waals surface area contributed by atoms with Crippen LogP contribution in [0.5, 0.6) is 0 Å². The fraction of sp³-hybridized carbons (Fsp3) is 1.00. The van der Waals surface area contributed by atoms with Gasteiger partial charge in [-0.2, -0.15) is 0 Å². The first-order valence-electron chi connectivity index (χ1n) is 3.81. The predicted molar refractivity (Wildman–Crippen MR) is 39.2 cm³/mol. The molecular weight excluding hydrogens is 112 g/mol. The molecule has 54 valence electrons. The van der Waals surface area contributed by atoms with Crippen LogP contribution in [0.1, 0.15) is 20.3 Å². The van der Waals surface area contributed by atoms with Crippen LogP contribution in [0.15, 0.2) is 0 Å². The quantitative estimate of drug-likeness (QED) is 0.567. The SMILES string of the molecule is CCC(C)C1NCCN1. The Kier molecular flexibility index (Phi) is 2.49. The van der Waals surface area contributed by atoms with Gasteiger partial charge in [0.2, 0.25) is 0 Å². The molecule has 9 heavy (non-hydrogen) atoms. The molecule has 0 bridgehead atoms. The number of hydrogen-bond acceptors (Lipinski definition) is 2. The van der Waals surface area contributed by atoms with Crippen molar-refractivity contribution in [2.45, 2.75) is 26.4 Å². The van der Waals surface area contributed by atoms with Gasteiger partial charge in [-0.3, -0.25) is 0 Å². The van der Waals surface area contributed by atoms with Gasteiger partial charge in [0.05, 0.1) is 6.17 Å². The number of rotatable bonds is 2. The molecule has 0 aromatic heterocycles. The van der Waals surface area contributed by atoms with E-state index in [-0.39, 0.29) is 0 Å². The maximum Gasteiger partial charge on any atom is 0.0598 e. The summed E-state index contributed by atoms with van der Waals surface area (Å²) in [5, 5.41) is 6.79. The second-order valence-electron chi connectivity index (χ2n) is 2.77. The van der Waals surface area contributed by atoms with Gasteiger partial charge in [-0.1, -0.05) is 20.3 Å². The maximum absolute atomic E-state index is 3.40. The molecule has 1 aliphatic heterocycles. The highest BCUT2D eigenvalue weighted by atomic mass is 15.2. The van der Waals surface area contributed by atoms with E-state index in [1.165, 1.54) is 6.42 Å². The summed E-state index contributed by atoms with van der Waals surface area (Å²) >= 11 is 0. The zero-order valence-electron chi connectivity index (χ0n) is 6.28. The Morgan fingerprint density at radius 3 is 2.44 bits per heavy atom. The molecule has 2 nitrogen and oxygen atoms in total. The Balaban J connectivity index is 2.24. The van der Waals surface area contributed by atoms with Crippen LogP contribution in [0.4, 0.5) is 0 Å². The Morgan fingerprint density at radius 2 is 2.00 bits per heavy atom. The summed E-state index contributed by atoms with van der Waals surface area (Å²) in [5.74, 6) is 0.771. The minimum atomic E-state index is 0.579. The van der Waals surface area contributed by atoms with Crippen molar-refractivity contribution in [1.29, 1.82) is 0 Å². The highest BCUT2D eigenvalue weighted by Crippen LogP contribution is 2.06. The van der Waals surface area contributed by atoms with Crippen molar-refractivity contribution in [3.8, 4) is 0 Å². The first kappa shape index (κ1) is 7.03. The second kappa shape index (κ2) is 3.18. The molecule has 1 heterocycles. The normalized spacial score (nSPS) is 24.7. The van der Waals surface area contributed by atoms with Crippen molar-refractivity contribution < 1.29 is 0 Å². The van der Waals surface area contributed by atoms with Crippen molar-refractivity contribution in [3.63, 3.8) is 0 Å². The average Bonchev–Trinajstić information content (AvgIpc) is 2.37. The minimum Gasteiger partial charge on any atom is -0.300 e. The van der Waals surface area contributed by atoms with E-state index in [2.05, 4.69) is 24.5 Å². The van der Waals surface area contributed by atoms with Gasteiger partial charge in [-0.15, -0.1) is 0 Å². The molecule has 2 N–H and O–H groups in total. The largest absolute Gasteiger partial charge is 0.300 e. The van der Waals surface area contributed by atoms with E-state index in [1.807, 2.05) is 0 Å². The zero-order chi connectivity index (χ0) is 6.69. The Bertz CT molecular complexity index is 77.0. The summed E-state index contributed by atoms with van der Waals surface area (Å²) in [5.41, 5.74) is 0. The molecule has 1 rings (SSSR count). The van der Waals surface area contributed by atoms with E-state index in [9.17, 15) is 0 Å². The summed E-state index contributed by atoms with van der Waals surface area (Å²) < 4.78 is 0. The third-order valence-corrected chi connectivity index (χ3v) is 2.07. The van der Waals surface area contributed by atoms with Gasteiger partial charge in [0, 0.05) is 13.1 Å². The van der Waals surface area contributed by atoms with Crippen molar-refractivity contribution in [3.05, 3.63) is 0 Å². The highest BCUT2D eigenvalue weighted by molar-refractivity contribution is 4.76. The molecule has 1 fully saturated rings. The lowest BCUT2D eigenvalue weighted by Gasteiger charge is -2.17. The molecule has 1 aliphatic rings. The maximum atomic E-state index is 3.40. The molecule has 0 aromatic carbocycles. The van der Waals surface area contributed by atoms with Gasteiger partial charge in [0.1, 0.15) is 0 Å². The van der Waals surface area contributed by atoms with Gasteiger partial charge in [-0.25, -0.2) is 0 Å². The topological polar surface area (TPSA) is 24.1 Å². The Morgan fingerprint density at radius 1 is 1.44 bits per heavy atom. The van der Waals surface area contributed by atoms with Crippen LogP contribution in [0, 0.1) is 5.92 Å². The van der Waals surface area contributed by atoms with Crippen LogP contribution in [0.2, 0.25) is 0 Å². The molecule has 0 amide bonds. The lowest BCUT2D eigenvalue weighted by molar-refractivity contribution is 0.379. The predicted octanol–water partition coefficient (Wildman–Crippen LogP) is 0.551. The summed E-state index contributed by atoms with van der Waals surface area (Å²) in [6, 6.07) is 0. The van der Waals surface area contributed by atoms with Crippen LogP contribution < -0.4 is 10.6 Å². The van der Waals surface area contributed by atoms with Gasteiger partial charge >= 0.3 is 0 Å². The van der Waals surface area contributed by atoms with Crippen LogP contribution in [-0.2, 0) is 0 Å². The molecular formula is C7H16N2. The smallest absolute Gasteiger partial charge is 0.0598 e. The van der Waals surface area contributed by atoms with Crippen LogP contribution in [0.3, 0.4) is 0 Å². The minimum absolute atomic E-state index is 0.579. The fourth-order valence-electron chi connectivity index (χ4n) is 1.17. The monoisotopic (exact) mass is 128 g/mol. The summed E-state index contributed by atoms with van der Waals surface area (Å²) in [7, 11) is 0. The summed E-state index contributed by atoms with van der Waals surface area (Å²) in [6.45, 7) is 6.77. The molecule has 0 aliphatic carbocycles. The van der Waals surface area contributed by atoms with Crippen molar-refractivity contribution >= 4 is 0 Å². The fourth-order valence-corrected chi connectivity index (χ4v) is 1.17. The van der Waals surface area contributed by atoms with E-state index in [0.29, 0.717) is 6.17 Å². The molecule has 1 saturated heterocycles. The van der Waals surface area contributed by atoms with Gasteiger partial charge < -0.3 is 10.6 Å². The lowest BCUT2D eigenvalue weighted by atomic mass is 10.1. The van der Waals surface area contributed by atoms with E-state index in [4.69, 9.17) is 0 Å². The average molecular weight is 128 g/mol. The van der Waals surface area contributed by atoms with Crippen LogP contribution in [-0.4, -0.2) is 19.3 Å². The van der Waals surface area contributed by atoms with E-state index < -0.39 is 0 Å². The molecule has 0 aromatic rings. The van der Waals surface area contributed by atoms with Crippen molar-refractivity contribution in [2.75, 3.05) is 13.1 Å². The van der Waals surface area contributed by atoms with E-state index >= 15 is 0 Å². The summed E-state index contributed by atoms with van der Waals surface area (Å²) in [4.78, 5) is 0. The van der Waals surface area contributed by atoms with Crippen molar-refractivity contribution in [1.82, 2.24) is 10.6 Å². The first-order valence-corrected chi connectivity index (χ1v) is 3.81. The molecule has 0 saturated carbocycles. The number of nitrogens with one attached hydrogen (secondary N) is 2. The van der Waals surface area contributed by atoms with Crippen molar-refractivity contribution in [2.24, 2.45) is 5.92 Å². The van der Waals surface area contributed by atoms with Crippen LogP contribution >= 0.6 is 0 Å². The molecule has 1 unspecified atom stereocenters. The standard InChI is InChI=1S/C7H16N2/c1-3-6(2)7-8-4-5-9-7/h6-9H,3-5H2,1-2H3. The zero-order valence-corrected chi connectivity index (χ0v) is 6.28. The molecule has 0 spiro atoms.